The van der Waals surface area contributed by atoms with Crippen LogP contribution in [-0.4, -0.2) is 52.6 Å². The van der Waals surface area contributed by atoms with Crippen LogP contribution < -0.4 is 5.32 Å². The zero-order valence-corrected chi connectivity index (χ0v) is 18.2. The molecule has 8 nitrogen and oxygen atoms in total. The van der Waals surface area contributed by atoms with E-state index >= 15 is 0 Å². The predicted molar refractivity (Wildman–Crippen MR) is 117 cm³/mol. The predicted octanol–water partition coefficient (Wildman–Crippen LogP) is 3.45. The Morgan fingerprint density at radius 2 is 2.00 bits per heavy atom. The van der Waals surface area contributed by atoms with Gasteiger partial charge in [-0.2, -0.15) is 0 Å². The summed E-state index contributed by atoms with van der Waals surface area (Å²) in [6, 6.07) is 11.1. The minimum absolute atomic E-state index is 0.0138. The number of fused-ring (bicyclic) bond motifs is 1. The molecule has 166 valence electrons. The van der Waals surface area contributed by atoms with Crippen molar-refractivity contribution in [3.05, 3.63) is 59.1 Å². The van der Waals surface area contributed by atoms with Crippen molar-refractivity contribution >= 4 is 22.7 Å². The number of morpholine rings is 1. The Morgan fingerprint density at radius 3 is 2.78 bits per heavy atom. The smallest absolute Gasteiger partial charge is 0.276 e. The average Bonchev–Trinajstić information content (AvgIpc) is 3.54. The molecule has 0 radical (unpaired) electrons. The molecule has 2 aromatic heterocycles. The summed E-state index contributed by atoms with van der Waals surface area (Å²) in [5, 5.41) is 7.72. The lowest BCUT2D eigenvalue weighted by molar-refractivity contribution is -0.0249. The number of benzene rings is 1. The number of carbonyl (C=O) groups excluding carboxylic acids is 2. The largest absolute Gasteiger partial charge is 0.368 e. The maximum Gasteiger partial charge on any atom is 0.276 e. The average molecular weight is 434 g/mol. The van der Waals surface area contributed by atoms with Gasteiger partial charge in [0.1, 0.15) is 11.9 Å². The van der Waals surface area contributed by atoms with Gasteiger partial charge >= 0.3 is 0 Å². The highest BCUT2D eigenvalue weighted by Gasteiger charge is 2.32. The molecular formula is C24H26N4O4. The molecule has 8 heteroatoms. The van der Waals surface area contributed by atoms with Crippen LogP contribution in [0.1, 0.15) is 71.0 Å². The molecule has 1 saturated carbocycles. The molecule has 1 unspecified atom stereocenters. The van der Waals surface area contributed by atoms with Gasteiger partial charge in [0.2, 0.25) is 0 Å². The summed E-state index contributed by atoms with van der Waals surface area (Å²) >= 11 is 0. The Hall–Kier alpha value is -3.26. The van der Waals surface area contributed by atoms with Gasteiger partial charge < -0.3 is 19.5 Å². The Morgan fingerprint density at radius 1 is 1.19 bits per heavy atom. The Balaban J connectivity index is 1.41. The molecular weight excluding hydrogens is 408 g/mol. The molecule has 0 bridgehead atoms. The number of hydrogen-bond donors (Lipinski definition) is 1. The maximum atomic E-state index is 13.0. The van der Waals surface area contributed by atoms with Crippen LogP contribution in [0.15, 0.2) is 40.9 Å². The van der Waals surface area contributed by atoms with E-state index in [-0.39, 0.29) is 17.9 Å². The van der Waals surface area contributed by atoms with Gasteiger partial charge in [0.15, 0.2) is 5.69 Å². The van der Waals surface area contributed by atoms with Crippen LogP contribution in [0, 0.1) is 0 Å². The van der Waals surface area contributed by atoms with Crippen molar-refractivity contribution < 1.29 is 18.8 Å². The third kappa shape index (κ3) is 4.10. The van der Waals surface area contributed by atoms with E-state index in [0.717, 1.165) is 29.5 Å². The van der Waals surface area contributed by atoms with Crippen LogP contribution in [0.4, 0.5) is 0 Å². The summed E-state index contributed by atoms with van der Waals surface area (Å²) < 4.78 is 11.3. The number of pyridine rings is 1. The van der Waals surface area contributed by atoms with Crippen molar-refractivity contribution in [3.63, 3.8) is 0 Å². The molecule has 1 aliphatic heterocycles. The van der Waals surface area contributed by atoms with Crippen LogP contribution >= 0.6 is 0 Å². The summed E-state index contributed by atoms with van der Waals surface area (Å²) in [7, 11) is 0. The van der Waals surface area contributed by atoms with Crippen molar-refractivity contribution in [1.82, 2.24) is 20.4 Å². The van der Waals surface area contributed by atoms with Crippen molar-refractivity contribution in [1.29, 1.82) is 0 Å². The van der Waals surface area contributed by atoms with Crippen molar-refractivity contribution in [2.24, 2.45) is 0 Å². The number of carbonyl (C=O) groups is 2. The highest BCUT2D eigenvalue weighted by Crippen LogP contribution is 2.40. The summed E-state index contributed by atoms with van der Waals surface area (Å²) in [5.41, 5.74) is 2.23. The highest BCUT2D eigenvalue weighted by atomic mass is 16.5. The molecule has 3 aromatic rings. The van der Waals surface area contributed by atoms with Crippen molar-refractivity contribution in [2.75, 3.05) is 19.7 Å². The van der Waals surface area contributed by atoms with Gasteiger partial charge in [-0.25, -0.2) is 4.98 Å². The Bertz CT molecular complexity index is 1170. The lowest BCUT2D eigenvalue weighted by atomic mass is 10.0. The molecule has 32 heavy (non-hydrogen) atoms. The van der Waals surface area contributed by atoms with Gasteiger partial charge in [0.05, 0.1) is 29.9 Å². The number of amides is 2. The summed E-state index contributed by atoms with van der Waals surface area (Å²) in [5.74, 6) is 0.861. The number of hydrogen-bond acceptors (Lipinski definition) is 6. The molecule has 1 aliphatic carbocycles. The fourth-order valence-electron chi connectivity index (χ4n) is 4.01. The second-order valence-corrected chi connectivity index (χ2v) is 8.74. The Labute approximate surface area is 185 Å². The van der Waals surface area contributed by atoms with E-state index < -0.39 is 6.10 Å². The fourth-order valence-corrected chi connectivity index (χ4v) is 4.01. The van der Waals surface area contributed by atoms with Crippen molar-refractivity contribution in [3.8, 4) is 0 Å². The van der Waals surface area contributed by atoms with Gasteiger partial charge in [-0.1, -0.05) is 23.4 Å². The third-order valence-electron chi connectivity index (χ3n) is 5.81. The molecule has 5 rings (SSSR count). The number of aromatic nitrogens is 2. The second kappa shape index (κ2) is 8.35. The van der Waals surface area contributed by atoms with E-state index in [1.807, 2.05) is 38.1 Å². The van der Waals surface area contributed by atoms with E-state index in [1.54, 1.807) is 17.0 Å². The summed E-state index contributed by atoms with van der Waals surface area (Å²) in [4.78, 5) is 32.3. The zero-order valence-electron chi connectivity index (χ0n) is 18.2. The lowest BCUT2D eigenvalue weighted by Crippen LogP contribution is -2.42. The number of nitrogens with zero attached hydrogens (tertiary/aromatic N) is 3. The molecule has 0 spiro atoms. The minimum Gasteiger partial charge on any atom is -0.368 e. The van der Waals surface area contributed by atoms with Crippen molar-refractivity contribution in [2.45, 2.75) is 44.8 Å². The van der Waals surface area contributed by atoms with Gasteiger partial charge in [0, 0.05) is 30.0 Å². The van der Waals surface area contributed by atoms with E-state index in [2.05, 4.69) is 10.5 Å². The van der Waals surface area contributed by atoms with E-state index in [4.69, 9.17) is 14.2 Å². The molecule has 1 atom stereocenters. The molecule has 1 saturated heterocycles. The summed E-state index contributed by atoms with van der Waals surface area (Å²) in [6.07, 6.45) is 1.74. The number of rotatable bonds is 5. The topological polar surface area (TPSA) is 97.6 Å². The standard InChI is InChI=1S/C24H26N4O4/c1-14(2)25-23(29)17-11-19(26-18-6-4-3-5-16(17)18)22-13-28(9-10-31-22)24(30)20-12-21(32-27-20)15-7-8-15/h3-6,11-12,14-15,22H,7-10,13H2,1-2H3,(H,25,29). The van der Waals surface area contributed by atoms with Crippen LogP contribution in [0.5, 0.6) is 0 Å². The lowest BCUT2D eigenvalue weighted by Gasteiger charge is -2.32. The first-order valence-electron chi connectivity index (χ1n) is 11.1. The summed E-state index contributed by atoms with van der Waals surface area (Å²) in [6.45, 7) is 5.03. The fraction of sp³-hybridized carbons (Fsp3) is 0.417. The van der Waals surface area contributed by atoms with Gasteiger partial charge in [-0.3, -0.25) is 9.59 Å². The first-order chi connectivity index (χ1) is 15.5. The zero-order chi connectivity index (χ0) is 22.2. The van der Waals surface area contributed by atoms with Crippen LogP contribution in [0.2, 0.25) is 0 Å². The quantitative estimate of drug-likeness (QED) is 0.661. The monoisotopic (exact) mass is 434 g/mol. The SMILES string of the molecule is CC(C)NC(=O)c1cc(C2CN(C(=O)c3cc(C4CC4)on3)CCO2)nc2ccccc12. The second-order valence-electron chi connectivity index (χ2n) is 8.74. The van der Waals surface area contributed by atoms with Crippen LogP contribution in [0.25, 0.3) is 10.9 Å². The van der Waals surface area contributed by atoms with E-state index in [1.165, 1.54) is 0 Å². The molecule has 2 fully saturated rings. The normalized spacial score (nSPS) is 18.8. The van der Waals surface area contributed by atoms with E-state index in [0.29, 0.717) is 42.6 Å². The van der Waals surface area contributed by atoms with Crippen LogP contribution in [-0.2, 0) is 4.74 Å². The van der Waals surface area contributed by atoms with Gasteiger partial charge in [0.25, 0.3) is 11.8 Å². The minimum atomic E-state index is -0.433. The number of ether oxygens (including phenoxy) is 1. The van der Waals surface area contributed by atoms with Gasteiger partial charge in [-0.05, 0) is 38.8 Å². The molecule has 2 aliphatic rings. The maximum absolute atomic E-state index is 13.0. The first kappa shape index (κ1) is 20.6. The van der Waals surface area contributed by atoms with Gasteiger partial charge in [-0.15, -0.1) is 0 Å². The molecule has 1 N–H and O–H groups in total. The number of para-hydroxylation sites is 1. The Kier molecular flexibility index (Phi) is 5.38. The van der Waals surface area contributed by atoms with E-state index in [9.17, 15) is 9.59 Å². The molecule has 2 amide bonds. The molecule has 1 aromatic carbocycles. The van der Waals surface area contributed by atoms with Crippen LogP contribution in [0.3, 0.4) is 0 Å². The third-order valence-corrected chi connectivity index (χ3v) is 5.81. The highest BCUT2D eigenvalue weighted by molar-refractivity contribution is 6.06. The number of nitrogens with one attached hydrogen (secondary N) is 1. The molecule has 3 heterocycles. The first-order valence-corrected chi connectivity index (χ1v) is 11.1.